The van der Waals surface area contributed by atoms with Gasteiger partial charge in [0.2, 0.25) is 0 Å². The molecular formula is C18H32N4O2. The molecule has 24 heavy (non-hydrogen) atoms. The quantitative estimate of drug-likeness (QED) is 0.804. The molecule has 1 aromatic heterocycles. The number of nitrogens with zero attached hydrogens (tertiary/aromatic N) is 2. The fourth-order valence-corrected chi connectivity index (χ4v) is 2.46. The van der Waals surface area contributed by atoms with Crippen molar-refractivity contribution in [3.8, 4) is 0 Å². The number of pyridine rings is 1. The average molecular weight is 336 g/mol. The topological polar surface area (TPSA) is 66.4 Å². The van der Waals surface area contributed by atoms with Gasteiger partial charge in [-0.2, -0.15) is 0 Å². The fourth-order valence-electron chi connectivity index (χ4n) is 2.46. The summed E-state index contributed by atoms with van der Waals surface area (Å²) in [6, 6.07) is 2.94. The van der Waals surface area contributed by atoms with Crippen LogP contribution in [0.5, 0.6) is 0 Å². The zero-order valence-corrected chi connectivity index (χ0v) is 15.8. The summed E-state index contributed by atoms with van der Waals surface area (Å²) < 4.78 is 1.61. The molecule has 0 radical (unpaired) electrons. The molecule has 1 atom stereocenters. The summed E-state index contributed by atoms with van der Waals surface area (Å²) in [4.78, 5) is 26.2. The molecule has 136 valence electrons. The van der Waals surface area contributed by atoms with Gasteiger partial charge in [-0.25, -0.2) is 4.79 Å². The molecule has 0 aliphatic carbocycles. The zero-order valence-electron chi connectivity index (χ0n) is 15.8. The van der Waals surface area contributed by atoms with Crippen molar-refractivity contribution in [2.75, 3.05) is 26.0 Å². The molecule has 0 aromatic carbocycles. The Balaban J connectivity index is 2.75. The molecule has 6 heteroatoms. The second-order valence-electron chi connectivity index (χ2n) is 7.56. The van der Waals surface area contributed by atoms with Crippen LogP contribution in [-0.4, -0.2) is 42.2 Å². The summed E-state index contributed by atoms with van der Waals surface area (Å²) in [7, 11) is 4.05. The van der Waals surface area contributed by atoms with Gasteiger partial charge in [0.15, 0.2) is 0 Å². The highest BCUT2D eigenvalue weighted by molar-refractivity contribution is 5.89. The van der Waals surface area contributed by atoms with E-state index >= 15 is 0 Å². The first kappa shape index (κ1) is 20.2. The van der Waals surface area contributed by atoms with Crippen molar-refractivity contribution in [2.24, 2.45) is 5.41 Å². The Morgan fingerprint density at radius 3 is 2.50 bits per heavy atom. The van der Waals surface area contributed by atoms with Crippen LogP contribution in [0.25, 0.3) is 0 Å². The predicted octanol–water partition coefficient (Wildman–Crippen LogP) is 2.75. The minimum atomic E-state index is -0.240. The summed E-state index contributed by atoms with van der Waals surface area (Å²) in [5.41, 5.74) is 0.538. The first-order valence-electron chi connectivity index (χ1n) is 8.56. The first-order valence-corrected chi connectivity index (χ1v) is 8.56. The standard InChI is InChI=1S/C18H32N4O2/c1-7-11-22-13-14(8-9-16(22)23)19-17(24)20-15(18(2,3)4)10-12-21(5)6/h8-9,13,15H,7,10-12H2,1-6H3,(H2,19,20,24). The molecule has 0 aliphatic rings. The maximum Gasteiger partial charge on any atom is 0.319 e. The number of rotatable bonds is 7. The van der Waals surface area contributed by atoms with E-state index in [-0.39, 0.29) is 23.0 Å². The number of urea groups is 1. The van der Waals surface area contributed by atoms with Crippen LogP contribution in [0.1, 0.15) is 40.5 Å². The summed E-state index contributed by atoms with van der Waals surface area (Å²) in [5, 5.41) is 5.90. The summed E-state index contributed by atoms with van der Waals surface area (Å²) in [6.07, 6.45) is 3.43. The summed E-state index contributed by atoms with van der Waals surface area (Å²) in [5.74, 6) is 0. The third-order valence-corrected chi connectivity index (χ3v) is 3.92. The monoisotopic (exact) mass is 336 g/mol. The normalized spacial score (nSPS) is 13.0. The number of carbonyl (C=O) groups is 1. The lowest BCUT2D eigenvalue weighted by Crippen LogP contribution is -2.46. The molecule has 0 saturated heterocycles. The number of anilines is 1. The van der Waals surface area contributed by atoms with Gasteiger partial charge in [0.1, 0.15) is 0 Å². The van der Waals surface area contributed by atoms with Gasteiger partial charge in [-0.15, -0.1) is 0 Å². The minimum Gasteiger partial charge on any atom is -0.335 e. The van der Waals surface area contributed by atoms with Gasteiger partial charge in [0, 0.05) is 24.8 Å². The number of carbonyl (C=O) groups excluding carboxylic acids is 1. The average Bonchev–Trinajstić information content (AvgIpc) is 2.46. The second-order valence-corrected chi connectivity index (χ2v) is 7.56. The molecule has 0 fully saturated rings. The molecular weight excluding hydrogens is 304 g/mol. The van der Waals surface area contributed by atoms with Gasteiger partial charge in [-0.05, 0) is 45.0 Å². The highest BCUT2D eigenvalue weighted by atomic mass is 16.2. The maximum atomic E-state index is 12.3. The van der Waals surface area contributed by atoms with E-state index in [9.17, 15) is 9.59 Å². The molecule has 0 saturated carbocycles. The number of hydrogen-bond donors (Lipinski definition) is 2. The molecule has 6 nitrogen and oxygen atoms in total. The van der Waals surface area contributed by atoms with Gasteiger partial charge < -0.3 is 20.1 Å². The van der Waals surface area contributed by atoms with E-state index in [2.05, 4.69) is 36.3 Å². The van der Waals surface area contributed by atoms with Crippen molar-refractivity contribution < 1.29 is 4.79 Å². The van der Waals surface area contributed by atoms with E-state index in [1.54, 1.807) is 16.8 Å². The number of amides is 2. The maximum absolute atomic E-state index is 12.3. The molecule has 1 aromatic rings. The smallest absolute Gasteiger partial charge is 0.319 e. The van der Waals surface area contributed by atoms with E-state index in [4.69, 9.17) is 0 Å². The predicted molar refractivity (Wildman–Crippen MR) is 99.6 cm³/mol. The third kappa shape index (κ3) is 6.74. The minimum absolute atomic E-state index is 0.0334. The van der Waals surface area contributed by atoms with Crippen molar-refractivity contribution in [3.05, 3.63) is 28.7 Å². The largest absolute Gasteiger partial charge is 0.335 e. The Bertz CT molecular complexity index is 587. The number of hydrogen-bond acceptors (Lipinski definition) is 3. The van der Waals surface area contributed by atoms with E-state index in [0.717, 1.165) is 19.4 Å². The van der Waals surface area contributed by atoms with Crippen LogP contribution in [-0.2, 0) is 6.54 Å². The molecule has 0 bridgehead atoms. The van der Waals surface area contributed by atoms with Crippen LogP contribution >= 0.6 is 0 Å². The number of aromatic nitrogens is 1. The molecule has 0 aliphatic heterocycles. The summed E-state index contributed by atoms with van der Waals surface area (Å²) >= 11 is 0. The molecule has 1 rings (SSSR count). The SMILES string of the molecule is CCCn1cc(NC(=O)NC(CCN(C)C)C(C)(C)C)ccc1=O. The molecule has 2 N–H and O–H groups in total. The number of nitrogens with one attached hydrogen (secondary N) is 2. The lowest BCUT2D eigenvalue weighted by molar-refractivity contribution is 0.215. The molecule has 2 amide bonds. The Morgan fingerprint density at radius 2 is 1.96 bits per heavy atom. The van der Waals surface area contributed by atoms with Crippen LogP contribution in [0.3, 0.4) is 0 Å². The van der Waals surface area contributed by atoms with Crippen LogP contribution in [0.4, 0.5) is 10.5 Å². The van der Waals surface area contributed by atoms with Gasteiger partial charge in [-0.1, -0.05) is 27.7 Å². The molecule has 1 heterocycles. The van der Waals surface area contributed by atoms with Gasteiger partial charge in [0.05, 0.1) is 5.69 Å². The molecule has 0 spiro atoms. The van der Waals surface area contributed by atoms with Gasteiger partial charge >= 0.3 is 6.03 Å². The van der Waals surface area contributed by atoms with Crippen molar-refractivity contribution in [1.82, 2.24) is 14.8 Å². The van der Waals surface area contributed by atoms with Crippen LogP contribution in [0.2, 0.25) is 0 Å². The Hall–Kier alpha value is -1.82. The Morgan fingerprint density at radius 1 is 1.29 bits per heavy atom. The van der Waals surface area contributed by atoms with E-state index in [0.29, 0.717) is 12.2 Å². The zero-order chi connectivity index (χ0) is 18.3. The van der Waals surface area contributed by atoms with Crippen molar-refractivity contribution in [3.63, 3.8) is 0 Å². The van der Waals surface area contributed by atoms with Crippen molar-refractivity contribution in [2.45, 2.75) is 53.1 Å². The van der Waals surface area contributed by atoms with E-state index in [1.807, 2.05) is 21.0 Å². The molecule has 1 unspecified atom stereocenters. The van der Waals surface area contributed by atoms with Gasteiger partial charge in [-0.3, -0.25) is 4.79 Å². The first-order chi connectivity index (χ1) is 11.1. The third-order valence-electron chi connectivity index (χ3n) is 3.92. The van der Waals surface area contributed by atoms with Crippen LogP contribution in [0.15, 0.2) is 23.1 Å². The lowest BCUT2D eigenvalue weighted by Gasteiger charge is -2.32. The summed E-state index contributed by atoms with van der Waals surface area (Å²) in [6.45, 7) is 9.92. The van der Waals surface area contributed by atoms with E-state index < -0.39 is 0 Å². The van der Waals surface area contributed by atoms with Crippen LogP contribution < -0.4 is 16.2 Å². The fraction of sp³-hybridized carbons (Fsp3) is 0.667. The van der Waals surface area contributed by atoms with Gasteiger partial charge in [0.25, 0.3) is 5.56 Å². The Labute approximate surface area is 145 Å². The number of aryl methyl sites for hydroxylation is 1. The van der Waals surface area contributed by atoms with Crippen molar-refractivity contribution in [1.29, 1.82) is 0 Å². The second kappa shape index (κ2) is 8.87. The highest BCUT2D eigenvalue weighted by Gasteiger charge is 2.26. The van der Waals surface area contributed by atoms with Crippen molar-refractivity contribution >= 4 is 11.7 Å². The van der Waals surface area contributed by atoms with E-state index in [1.165, 1.54) is 6.07 Å². The van der Waals surface area contributed by atoms with Crippen LogP contribution in [0, 0.1) is 5.41 Å². The Kier molecular flexibility index (Phi) is 7.48. The lowest BCUT2D eigenvalue weighted by atomic mass is 9.84. The highest BCUT2D eigenvalue weighted by Crippen LogP contribution is 2.22.